The highest BCUT2D eigenvalue weighted by atomic mass is 35.5. The summed E-state index contributed by atoms with van der Waals surface area (Å²) >= 11 is 5.75. The molecule has 1 amide bonds. The third-order valence-corrected chi connectivity index (χ3v) is 3.90. The summed E-state index contributed by atoms with van der Waals surface area (Å²) in [6.07, 6.45) is 1.70. The number of nitriles is 1. The van der Waals surface area contributed by atoms with Crippen LogP contribution in [0.15, 0.2) is 36.5 Å². The lowest BCUT2D eigenvalue weighted by Crippen LogP contribution is -2.42. The summed E-state index contributed by atoms with van der Waals surface area (Å²) in [7, 11) is 0. The predicted molar refractivity (Wildman–Crippen MR) is 96.9 cm³/mol. The quantitative estimate of drug-likeness (QED) is 0.812. The second-order valence-corrected chi connectivity index (χ2v) is 6.83. The van der Waals surface area contributed by atoms with Crippen LogP contribution in [0.25, 0.3) is 0 Å². The van der Waals surface area contributed by atoms with Gasteiger partial charge in [0, 0.05) is 19.0 Å². The molecule has 0 atom stereocenters. The van der Waals surface area contributed by atoms with Crippen LogP contribution in [0.3, 0.4) is 0 Å². The van der Waals surface area contributed by atoms with Gasteiger partial charge in [0.05, 0.1) is 11.1 Å². The second kappa shape index (κ2) is 7.98. The number of hydrogen-bond acceptors (Lipinski definition) is 5. The molecule has 1 aromatic heterocycles. The van der Waals surface area contributed by atoms with E-state index in [1.165, 1.54) is 24.4 Å². The third kappa shape index (κ3) is 5.30. The van der Waals surface area contributed by atoms with Crippen LogP contribution in [0.2, 0.25) is 5.02 Å². The maximum atomic E-state index is 12.3. The molecule has 0 saturated carbocycles. The summed E-state index contributed by atoms with van der Waals surface area (Å²) in [4.78, 5) is 28.4. The van der Waals surface area contributed by atoms with Gasteiger partial charge in [0.25, 0.3) is 5.91 Å². The van der Waals surface area contributed by atoms with Crippen LogP contribution >= 0.6 is 11.6 Å². The molecule has 0 aliphatic rings. The molecule has 0 unspecified atom stereocenters. The van der Waals surface area contributed by atoms with Gasteiger partial charge in [-0.3, -0.25) is 14.6 Å². The zero-order valence-electron chi connectivity index (χ0n) is 14.4. The van der Waals surface area contributed by atoms with Gasteiger partial charge in [-0.25, -0.2) is 0 Å². The Balaban J connectivity index is 2.05. The molecule has 0 fully saturated rings. The van der Waals surface area contributed by atoms with Crippen molar-refractivity contribution in [1.82, 2.24) is 10.3 Å². The van der Waals surface area contributed by atoms with Crippen LogP contribution < -0.4 is 5.32 Å². The fourth-order valence-electron chi connectivity index (χ4n) is 2.27. The van der Waals surface area contributed by atoms with Gasteiger partial charge in [0.1, 0.15) is 22.8 Å². The number of phenols is 1. The maximum Gasteiger partial charge on any atom is 0.271 e. The second-order valence-electron chi connectivity index (χ2n) is 6.42. The van der Waals surface area contributed by atoms with Crippen molar-refractivity contribution in [2.75, 3.05) is 0 Å². The Labute approximate surface area is 156 Å². The van der Waals surface area contributed by atoms with Gasteiger partial charge < -0.3 is 10.4 Å². The molecule has 6 nitrogen and oxygen atoms in total. The van der Waals surface area contributed by atoms with Crippen LogP contribution in [0.4, 0.5) is 0 Å². The normalized spacial score (nSPS) is 10.8. The molecule has 0 aliphatic heterocycles. The highest BCUT2D eigenvalue weighted by Gasteiger charge is 2.21. The number of ketones is 1. The standard InChI is InChI=1S/C19H18ClN3O3/c1-19(2,11-21)23-18(26)16-9-13(5-6-22-16)8-14(24)7-12-3-4-15(20)17(25)10-12/h3-6,9-10,25H,7-8H2,1-2H3,(H,23,26). The molecule has 26 heavy (non-hydrogen) atoms. The number of benzene rings is 1. The minimum Gasteiger partial charge on any atom is -0.506 e. The largest absolute Gasteiger partial charge is 0.506 e. The van der Waals surface area contributed by atoms with Crippen LogP contribution in [-0.2, 0) is 17.6 Å². The van der Waals surface area contributed by atoms with Crippen LogP contribution in [0.1, 0.15) is 35.5 Å². The summed E-state index contributed by atoms with van der Waals surface area (Å²) in [6.45, 7) is 3.17. The first-order chi connectivity index (χ1) is 12.2. The lowest BCUT2D eigenvalue weighted by Gasteiger charge is -2.17. The van der Waals surface area contributed by atoms with Crippen LogP contribution in [0, 0.1) is 11.3 Å². The lowest BCUT2D eigenvalue weighted by atomic mass is 10.0. The van der Waals surface area contributed by atoms with Crippen LogP contribution in [-0.4, -0.2) is 27.3 Å². The first kappa shape index (κ1) is 19.4. The number of halogens is 1. The van der Waals surface area contributed by atoms with E-state index in [0.29, 0.717) is 11.1 Å². The van der Waals surface area contributed by atoms with E-state index in [9.17, 15) is 14.7 Å². The number of carbonyl (C=O) groups excluding carboxylic acids is 2. The van der Waals surface area contributed by atoms with Crippen molar-refractivity contribution in [1.29, 1.82) is 5.26 Å². The van der Waals surface area contributed by atoms with Crippen molar-refractivity contribution in [2.45, 2.75) is 32.2 Å². The molecule has 2 rings (SSSR count). The van der Waals surface area contributed by atoms with E-state index >= 15 is 0 Å². The van der Waals surface area contributed by atoms with Gasteiger partial charge in [-0.15, -0.1) is 0 Å². The van der Waals surface area contributed by atoms with Gasteiger partial charge in [-0.1, -0.05) is 17.7 Å². The minimum atomic E-state index is -1.01. The van der Waals surface area contributed by atoms with Crippen molar-refractivity contribution in [2.24, 2.45) is 0 Å². The maximum absolute atomic E-state index is 12.3. The molecule has 0 spiro atoms. The fourth-order valence-corrected chi connectivity index (χ4v) is 2.39. The number of Topliss-reactive ketones (excluding diaryl/α,β-unsaturated/α-hetero) is 1. The van der Waals surface area contributed by atoms with E-state index in [1.54, 1.807) is 26.0 Å². The van der Waals surface area contributed by atoms with Crippen molar-refractivity contribution in [3.05, 3.63) is 58.4 Å². The molecule has 2 N–H and O–H groups in total. The molecule has 1 heterocycles. The monoisotopic (exact) mass is 371 g/mol. The Morgan fingerprint density at radius 3 is 2.50 bits per heavy atom. The zero-order chi connectivity index (χ0) is 19.3. The number of phenolic OH excluding ortho intramolecular Hbond substituents is 1. The average Bonchev–Trinajstić information content (AvgIpc) is 2.58. The molecule has 2 aromatic rings. The molecule has 0 saturated heterocycles. The zero-order valence-corrected chi connectivity index (χ0v) is 15.2. The van der Waals surface area contributed by atoms with E-state index in [0.717, 1.165) is 0 Å². The Bertz CT molecular complexity index is 888. The molecule has 0 radical (unpaired) electrons. The van der Waals surface area contributed by atoms with Gasteiger partial charge in [-0.05, 0) is 49.2 Å². The summed E-state index contributed by atoms with van der Waals surface area (Å²) in [5.41, 5.74) is 0.423. The Morgan fingerprint density at radius 2 is 1.88 bits per heavy atom. The number of nitrogens with one attached hydrogen (secondary N) is 1. The predicted octanol–water partition coefficient (Wildman–Crippen LogP) is 2.83. The Hall–Kier alpha value is -2.91. The number of rotatable bonds is 6. The number of aromatic nitrogens is 1. The minimum absolute atomic E-state index is 0.0695. The molecular weight excluding hydrogens is 354 g/mol. The fraction of sp³-hybridized carbons (Fsp3) is 0.263. The summed E-state index contributed by atoms with van der Waals surface area (Å²) in [6, 6.07) is 9.83. The highest BCUT2D eigenvalue weighted by molar-refractivity contribution is 6.32. The smallest absolute Gasteiger partial charge is 0.271 e. The van der Waals surface area contributed by atoms with Crippen molar-refractivity contribution < 1.29 is 14.7 Å². The number of amides is 1. The average molecular weight is 372 g/mol. The molecule has 0 aliphatic carbocycles. The Kier molecular flexibility index (Phi) is 5.96. The number of carbonyl (C=O) groups is 2. The number of aromatic hydroxyl groups is 1. The molecule has 0 bridgehead atoms. The summed E-state index contributed by atoms with van der Waals surface area (Å²) in [5, 5.41) is 21.4. The third-order valence-electron chi connectivity index (χ3n) is 3.58. The van der Waals surface area contributed by atoms with E-state index in [4.69, 9.17) is 16.9 Å². The molecule has 7 heteroatoms. The molecular formula is C19H18ClN3O3. The van der Waals surface area contributed by atoms with E-state index in [2.05, 4.69) is 10.3 Å². The molecule has 134 valence electrons. The van der Waals surface area contributed by atoms with E-state index in [-0.39, 0.29) is 35.1 Å². The van der Waals surface area contributed by atoms with E-state index < -0.39 is 11.4 Å². The van der Waals surface area contributed by atoms with E-state index in [1.807, 2.05) is 6.07 Å². The van der Waals surface area contributed by atoms with Crippen molar-refractivity contribution in [3.8, 4) is 11.8 Å². The summed E-state index contributed by atoms with van der Waals surface area (Å²) < 4.78 is 0. The lowest BCUT2D eigenvalue weighted by molar-refractivity contribution is -0.117. The summed E-state index contributed by atoms with van der Waals surface area (Å²) in [5.74, 6) is -0.630. The molecule has 1 aromatic carbocycles. The SMILES string of the molecule is CC(C)(C#N)NC(=O)c1cc(CC(=O)Cc2ccc(Cl)c(O)c2)ccn1. The number of hydrogen-bond donors (Lipinski definition) is 2. The number of pyridine rings is 1. The first-order valence-corrected chi connectivity index (χ1v) is 8.26. The van der Waals surface area contributed by atoms with Gasteiger partial charge in [-0.2, -0.15) is 5.26 Å². The van der Waals surface area contributed by atoms with Gasteiger partial charge in [0.2, 0.25) is 0 Å². The van der Waals surface area contributed by atoms with Gasteiger partial charge in [0.15, 0.2) is 0 Å². The Morgan fingerprint density at radius 1 is 1.23 bits per heavy atom. The number of nitrogens with zero attached hydrogens (tertiary/aromatic N) is 2. The van der Waals surface area contributed by atoms with Crippen molar-refractivity contribution in [3.63, 3.8) is 0 Å². The topological polar surface area (TPSA) is 103 Å². The first-order valence-electron chi connectivity index (χ1n) is 7.88. The highest BCUT2D eigenvalue weighted by Crippen LogP contribution is 2.24. The van der Waals surface area contributed by atoms with Crippen LogP contribution in [0.5, 0.6) is 5.75 Å². The van der Waals surface area contributed by atoms with Crippen molar-refractivity contribution >= 4 is 23.3 Å². The van der Waals surface area contributed by atoms with Gasteiger partial charge >= 0.3 is 0 Å².